The number of halogens is 3. The third-order valence-corrected chi connectivity index (χ3v) is 2.57. The van der Waals surface area contributed by atoms with Crippen molar-refractivity contribution in [2.24, 2.45) is 4.99 Å². The summed E-state index contributed by atoms with van der Waals surface area (Å²) in [4.78, 5) is 7.43. The van der Waals surface area contributed by atoms with Gasteiger partial charge in [-0.25, -0.2) is 4.99 Å². The average Bonchev–Trinajstić information content (AvgIpc) is 2.42. The van der Waals surface area contributed by atoms with Gasteiger partial charge in [0.15, 0.2) is 0 Å². The first-order valence-corrected chi connectivity index (χ1v) is 5.60. The highest BCUT2D eigenvalue weighted by Crippen LogP contribution is 2.31. The third-order valence-electron chi connectivity index (χ3n) is 2.57. The van der Waals surface area contributed by atoms with Gasteiger partial charge in [0.2, 0.25) is 0 Å². The zero-order valence-corrected chi connectivity index (χ0v) is 11.0. The van der Waals surface area contributed by atoms with Crippen LogP contribution < -0.4 is 0 Å². The maximum atomic E-state index is 13.0. The van der Waals surface area contributed by atoms with Gasteiger partial charge in [-0.15, -0.1) is 0 Å². The minimum absolute atomic E-state index is 0.163. The molecule has 0 aliphatic carbocycles. The van der Waals surface area contributed by atoms with E-state index in [1.54, 1.807) is 18.2 Å². The summed E-state index contributed by atoms with van der Waals surface area (Å²) < 4.78 is 39.0. The van der Waals surface area contributed by atoms with Crippen molar-refractivity contribution >= 4 is 5.71 Å². The van der Waals surface area contributed by atoms with E-state index in [9.17, 15) is 13.2 Å². The Morgan fingerprint density at radius 3 is 2.50 bits per heavy atom. The molecule has 0 aromatic carbocycles. The van der Waals surface area contributed by atoms with Crippen molar-refractivity contribution in [2.75, 3.05) is 0 Å². The number of hydrogen-bond acceptors (Lipinski definition) is 3. The first-order valence-electron chi connectivity index (χ1n) is 5.60. The van der Waals surface area contributed by atoms with Gasteiger partial charge in [-0.05, 0) is 25.5 Å². The van der Waals surface area contributed by atoms with Crippen molar-refractivity contribution in [3.05, 3.63) is 53.5 Å². The second kappa shape index (κ2) is 6.15. The highest BCUT2D eigenvalue weighted by Gasteiger charge is 2.36. The van der Waals surface area contributed by atoms with Crippen LogP contribution in [0.3, 0.4) is 0 Å². The van der Waals surface area contributed by atoms with Crippen LogP contribution in [-0.2, 0) is 0 Å². The lowest BCUT2D eigenvalue weighted by molar-refractivity contribution is -0.0929. The molecular weight excluding hydrogens is 267 g/mol. The maximum Gasteiger partial charge on any atom is 0.433 e. The summed E-state index contributed by atoms with van der Waals surface area (Å²) in [5, 5.41) is 8.66. The topological polar surface area (TPSA) is 49.0 Å². The van der Waals surface area contributed by atoms with Crippen LogP contribution in [-0.4, -0.2) is 16.9 Å². The van der Waals surface area contributed by atoms with Crippen molar-refractivity contribution in [1.82, 2.24) is 4.98 Å². The molecule has 0 atom stereocenters. The molecule has 0 saturated heterocycles. The van der Waals surface area contributed by atoms with Gasteiger partial charge in [0, 0.05) is 29.2 Å². The van der Waals surface area contributed by atoms with Gasteiger partial charge in [-0.3, -0.25) is 4.98 Å². The SMILES string of the molecule is C=C(C#N)/C(C)=C(/N=C(\C)c1cccnc1)C(F)(F)F. The predicted octanol–water partition coefficient (Wildman–Crippen LogP) is 3.81. The summed E-state index contributed by atoms with van der Waals surface area (Å²) in [5.74, 6) is 0. The lowest BCUT2D eigenvalue weighted by Crippen LogP contribution is -2.14. The Labute approximate surface area is 114 Å². The molecule has 0 aliphatic heterocycles. The van der Waals surface area contributed by atoms with E-state index in [1.165, 1.54) is 26.2 Å². The molecule has 3 nitrogen and oxygen atoms in total. The quantitative estimate of drug-likeness (QED) is 0.480. The lowest BCUT2D eigenvalue weighted by atomic mass is 10.1. The predicted molar refractivity (Wildman–Crippen MR) is 70.0 cm³/mol. The summed E-state index contributed by atoms with van der Waals surface area (Å²) in [6, 6.07) is 4.81. The fourth-order valence-electron chi connectivity index (χ4n) is 1.40. The van der Waals surface area contributed by atoms with Crippen LogP contribution in [0.4, 0.5) is 13.2 Å². The van der Waals surface area contributed by atoms with Crippen molar-refractivity contribution in [2.45, 2.75) is 20.0 Å². The van der Waals surface area contributed by atoms with E-state index in [-0.39, 0.29) is 16.9 Å². The molecule has 0 saturated carbocycles. The van der Waals surface area contributed by atoms with Gasteiger partial charge in [0.05, 0.1) is 6.07 Å². The molecule has 0 amide bonds. The molecule has 0 aliphatic rings. The van der Waals surface area contributed by atoms with E-state index >= 15 is 0 Å². The molecular formula is C14H12F3N3. The molecule has 0 bridgehead atoms. The number of nitrogens with zero attached hydrogens (tertiary/aromatic N) is 3. The molecule has 1 heterocycles. The Bertz CT molecular complexity index is 605. The molecule has 104 valence electrons. The zero-order chi connectivity index (χ0) is 15.3. The van der Waals surface area contributed by atoms with Crippen molar-refractivity contribution < 1.29 is 13.2 Å². The minimum atomic E-state index is -4.66. The van der Waals surface area contributed by atoms with E-state index < -0.39 is 11.9 Å². The van der Waals surface area contributed by atoms with Crippen molar-refractivity contribution in [1.29, 1.82) is 5.26 Å². The molecule has 0 N–H and O–H groups in total. The summed E-state index contributed by atoms with van der Waals surface area (Å²) in [6.07, 6.45) is -1.73. The molecule has 0 radical (unpaired) electrons. The van der Waals surface area contributed by atoms with Crippen LogP contribution in [0.25, 0.3) is 0 Å². The Kier molecular flexibility index (Phi) is 4.81. The first kappa shape index (κ1) is 15.6. The molecule has 0 unspecified atom stereocenters. The number of nitriles is 1. The number of alkyl halides is 3. The average molecular weight is 279 g/mol. The van der Waals surface area contributed by atoms with E-state index in [1.807, 2.05) is 0 Å². The molecule has 0 spiro atoms. The second-order valence-electron chi connectivity index (χ2n) is 4.00. The number of aliphatic imine (C=N–C) groups is 1. The van der Waals surface area contributed by atoms with E-state index in [4.69, 9.17) is 5.26 Å². The van der Waals surface area contributed by atoms with Gasteiger partial charge in [0.25, 0.3) is 0 Å². The van der Waals surface area contributed by atoms with Crippen molar-refractivity contribution in [3.8, 4) is 6.07 Å². The van der Waals surface area contributed by atoms with Gasteiger partial charge < -0.3 is 0 Å². The Morgan fingerprint density at radius 1 is 1.40 bits per heavy atom. The molecule has 1 rings (SSSR count). The number of hydrogen-bond donors (Lipinski definition) is 0. The maximum absolute atomic E-state index is 13.0. The summed E-state index contributed by atoms with van der Waals surface area (Å²) in [5.41, 5.74) is -1.03. The lowest BCUT2D eigenvalue weighted by Gasteiger charge is -2.12. The molecule has 20 heavy (non-hydrogen) atoms. The normalized spacial score (nSPS) is 13.5. The van der Waals surface area contributed by atoms with Gasteiger partial charge in [0.1, 0.15) is 5.70 Å². The summed E-state index contributed by atoms with van der Waals surface area (Å²) in [7, 11) is 0. The van der Waals surface area contributed by atoms with Crippen LogP contribution in [0, 0.1) is 11.3 Å². The fraction of sp³-hybridized carbons (Fsp3) is 0.214. The number of pyridine rings is 1. The number of aromatic nitrogens is 1. The highest BCUT2D eigenvalue weighted by atomic mass is 19.4. The zero-order valence-electron chi connectivity index (χ0n) is 11.0. The van der Waals surface area contributed by atoms with Crippen LogP contribution in [0.1, 0.15) is 19.4 Å². The van der Waals surface area contributed by atoms with Crippen LogP contribution >= 0.6 is 0 Å². The van der Waals surface area contributed by atoms with Crippen molar-refractivity contribution in [3.63, 3.8) is 0 Å². The largest absolute Gasteiger partial charge is 0.433 e. The smallest absolute Gasteiger partial charge is 0.264 e. The molecule has 6 heteroatoms. The monoisotopic (exact) mass is 279 g/mol. The molecule has 1 aromatic heterocycles. The minimum Gasteiger partial charge on any atom is -0.264 e. The third kappa shape index (κ3) is 3.79. The van der Waals surface area contributed by atoms with E-state index in [0.29, 0.717) is 5.56 Å². The Balaban J connectivity index is 3.36. The van der Waals surface area contributed by atoms with Gasteiger partial charge >= 0.3 is 6.18 Å². The number of allylic oxidation sites excluding steroid dienone is 3. The summed E-state index contributed by atoms with van der Waals surface area (Å²) >= 11 is 0. The molecule has 0 fully saturated rings. The highest BCUT2D eigenvalue weighted by molar-refractivity contribution is 5.99. The van der Waals surface area contributed by atoms with Gasteiger partial charge in [-0.1, -0.05) is 12.6 Å². The molecule has 1 aromatic rings. The summed E-state index contributed by atoms with van der Waals surface area (Å²) in [6.45, 7) is 5.91. The van der Waals surface area contributed by atoms with Crippen LogP contribution in [0.2, 0.25) is 0 Å². The Hall–Kier alpha value is -2.42. The van der Waals surface area contributed by atoms with Gasteiger partial charge in [-0.2, -0.15) is 18.4 Å². The van der Waals surface area contributed by atoms with E-state index in [2.05, 4.69) is 16.6 Å². The Morgan fingerprint density at radius 2 is 2.05 bits per heavy atom. The fourth-order valence-corrected chi connectivity index (χ4v) is 1.40. The standard InChI is InChI=1S/C14H12F3N3/c1-9(7-18)10(2)13(14(15,16)17)20-11(3)12-5-4-6-19-8-12/h4-6,8H,1H2,2-3H3/b13-10+,20-11+. The van der Waals surface area contributed by atoms with Crippen LogP contribution in [0.15, 0.2) is 52.9 Å². The van der Waals surface area contributed by atoms with Crippen LogP contribution in [0.5, 0.6) is 0 Å². The first-order chi connectivity index (χ1) is 9.27. The van der Waals surface area contributed by atoms with E-state index in [0.717, 1.165) is 0 Å². The second-order valence-corrected chi connectivity index (χ2v) is 4.00. The number of rotatable bonds is 3.